The molecule has 0 saturated heterocycles. The lowest BCUT2D eigenvalue weighted by molar-refractivity contribution is -0.140. The summed E-state index contributed by atoms with van der Waals surface area (Å²) in [6.45, 7) is 10.6. The monoisotopic (exact) mass is 274 g/mol. The number of hydrogen-bond donors (Lipinski definition) is 0. The molecular weight excluding hydrogens is 248 g/mol. The number of hydrogen-bond acceptors (Lipinski definition) is 2. The fourth-order valence-electron chi connectivity index (χ4n) is 2.97. The normalized spacial score (nSPS) is 22.6. The van der Waals surface area contributed by atoms with E-state index in [9.17, 15) is 4.79 Å². The molecule has 2 rings (SSSR count). The summed E-state index contributed by atoms with van der Waals surface area (Å²) in [7, 11) is 0. The maximum atomic E-state index is 12.3. The second-order valence-electron chi connectivity index (χ2n) is 6.44. The van der Waals surface area contributed by atoms with Gasteiger partial charge in [0.1, 0.15) is 5.75 Å². The van der Waals surface area contributed by atoms with Crippen LogP contribution in [0.15, 0.2) is 6.07 Å². The van der Waals surface area contributed by atoms with E-state index < -0.39 is 0 Å². The Bertz CT molecular complexity index is 509. The van der Waals surface area contributed by atoms with Crippen LogP contribution >= 0.6 is 0 Å². The summed E-state index contributed by atoms with van der Waals surface area (Å²) in [6.07, 6.45) is 4.24. The molecule has 1 aliphatic carbocycles. The van der Waals surface area contributed by atoms with E-state index in [1.165, 1.54) is 16.7 Å². The summed E-state index contributed by atoms with van der Waals surface area (Å²) < 4.78 is 5.70. The average Bonchev–Trinajstić information content (AvgIpc) is 2.43. The highest BCUT2D eigenvalue weighted by Crippen LogP contribution is 2.32. The van der Waals surface area contributed by atoms with Crippen molar-refractivity contribution < 1.29 is 9.53 Å². The molecule has 0 aliphatic heterocycles. The van der Waals surface area contributed by atoms with Crippen LogP contribution in [0.2, 0.25) is 0 Å². The Balaban J connectivity index is 2.12. The van der Waals surface area contributed by atoms with Gasteiger partial charge in [-0.25, -0.2) is 0 Å². The van der Waals surface area contributed by atoms with Crippen molar-refractivity contribution in [1.82, 2.24) is 0 Å². The SMILES string of the molecule is Cc1cc(OC(=O)C2CCC(C)CC2)c(C)c(C)c1C. The quantitative estimate of drug-likeness (QED) is 0.579. The predicted octanol–water partition coefficient (Wildman–Crippen LogP) is 4.65. The molecule has 0 atom stereocenters. The van der Waals surface area contributed by atoms with Crippen molar-refractivity contribution in [3.05, 3.63) is 28.3 Å². The van der Waals surface area contributed by atoms with Gasteiger partial charge in [-0.1, -0.05) is 6.92 Å². The number of aryl methyl sites for hydroxylation is 1. The Kier molecular flexibility index (Phi) is 4.52. The minimum absolute atomic E-state index is 0.0392. The average molecular weight is 274 g/mol. The molecule has 0 aromatic heterocycles. The zero-order chi connectivity index (χ0) is 14.9. The first-order chi connectivity index (χ1) is 9.40. The Morgan fingerprint density at radius 2 is 1.60 bits per heavy atom. The number of rotatable bonds is 2. The molecule has 2 heteroatoms. The maximum absolute atomic E-state index is 12.3. The fourth-order valence-corrected chi connectivity index (χ4v) is 2.97. The summed E-state index contributed by atoms with van der Waals surface area (Å²) in [5.74, 6) is 1.55. The van der Waals surface area contributed by atoms with Gasteiger partial charge in [-0.2, -0.15) is 0 Å². The number of esters is 1. The van der Waals surface area contributed by atoms with Crippen molar-refractivity contribution in [3.63, 3.8) is 0 Å². The van der Waals surface area contributed by atoms with Crippen molar-refractivity contribution in [2.45, 2.75) is 60.3 Å². The maximum Gasteiger partial charge on any atom is 0.314 e. The van der Waals surface area contributed by atoms with E-state index in [1.807, 2.05) is 13.0 Å². The van der Waals surface area contributed by atoms with Crippen molar-refractivity contribution >= 4 is 5.97 Å². The largest absolute Gasteiger partial charge is 0.426 e. The lowest BCUT2D eigenvalue weighted by Gasteiger charge is -2.25. The van der Waals surface area contributed by atoms with Gasteiger partial charge >= 0.3 is 5.97 Å². The molecule has 1 aromatic rings. The van der Waals surface area contributed by atoms with Crippen molar-refractivity contribution in [1.29, 1.82) is 0 Å². The summed E-state index contributed by atoms with van der Waals surface area (Å²) in [4.78, 5) is 12.3. The Hall–Kier alpha value is -1.31. The van der Waals surface area contributed by atoms with Gasteiger partial charge < -0.3 is 4.74 Å². The van der Waals surface area contributed by atoms with E-state index in [0.29, 0.717) is 0 Å². The third kappa shape index (κ3) is 3.05. The van der Waals surface area contributed by atoms with E-state index >= 15 is 0 Å². The molecule has 1 aliphatic rings. The van der Waals surface area contributed by atoms with Crippen LogP contribution in [-0.2, 0) is 4.79 Å². The summed E-state index contributed by atoms with van der Waals surface area (Å²) >= 11 is 0. The molecule has 0 heterocycles. The fraction of sp³-hybridized carbons (Fsp3) is 0.611. The molecule has 0 bridgehead atoms. The molecule has 20 heavy (non-hydrogen) atoms. The molecule has 1 saturated carbocycles. The van der Waals surface area contributed by atoms with Crippen LogP contribution in [0, 0.1) is 39.5 Å². The summed E-state index contributed by atoms with van der Waals surface area (Å²) in [6, 6.07) is 2.00. The number of ether oxygens (including phenoxy) is 1. The van der Waals surface area contributed by atoms with Crippen LogP contribution in [0.3, 0.4) is 0 Å². The minimum Gasteiger partial charge on any atom is -0.426 e. The molecular formula is C18H26O2. The third-order valence-corrected chi connectivity index (χ3v) is 4.99. The van der Waals surface area contributed by atoms with E-state index in [0.717, 1.165) is 42.9 Å². The van der Waals surface area contributed by atoms with E-state index in [-0.39, 0.29) is 11.9 Å². The van der Waals surface area contributed by atoms with Gasteiger partial charge in [-0.15, -0.1) is 0 Å². The van der Waals surface area contributed by atoms with Crippen molar-refractivity contribution in [3.8, 4) is 5.75 Å². The standard InChI is InChI=1S/C18H26O2/c1-11-6-8-16(9-7-11)18(19)20-17-10-12(2)13(3)14(4)15(17)5/h10-11,16H,6-9H2,1-5H3. The molecule has 1 aromatic carbocycles. The van der Waals surface area contributed by atoms with Crippen LogP contribution in [0.4, 0.5) is 0 Å². The first-order valence-electron chi connectivity index (χ1n) is 7.69. The molecule has 0 unspecified atom stereocenters. The molecule has 0 amide bonds. The first kappa shape index (κ1) is 15.1. The van der Waals surface area contributed by atoms with Crippen molar-refractivity contribution in [2.24, 2.45) is 11.8 Å². The van der Waals surface area contributed by atoms with Gasteiger partial charge in [0.25, 0.3) is 0 Å². The van der Waals surface area contributed by atoms with Gasteiger partial charge in [-0.3, -0.25) is 4.79 Å². The van der Waals surface area contributed by atoms with Gasteiger partial charge in [0.15, 0.2) is 0 Å². The van der Waals surface area contributed by atoms with Crippen LogP contribution in [-0.4, -0.2) is 5.97 Å². The van der Waals surface area contributed by atoms with Crippen molar-refractivity contribution in [2.75, 3.05) is 0 Å². The van der Waals surface area contributed by atoms with E-state index in [4.69, 9.17) is 4.74 Å². The Labute approximate surface area is 122 Å². The highest BCUT2D eigenvalue weighted by Gasteiger charge is 2.26. The van der Waals surface area contributed by atoms with Crippen LogP contribution in [0.25, 0.3) is 0 Å². The number of benzene rings is 1. The number of carbonyl (C=O) groups is 1. The number of carbonyl (C=O) groups excluding carboxylic acids is 1. The second kappa shape index (κ2) is 5.99. The van der Waals surface area contributed by atoms with Gasteiger partial charge in [-0.05, 0) is 87.6 Å². The molecule has 0 spiro atoms. The van der Waals surface area contributed by atoms with Crippen LogP contribution in [0.5, 0.6) is 5.75 Å². The lowest BCUT2D eigenvalue weighted by atomic mass is 9.83. The van der Waals surface area contributed by atoms with E-state index in [2.05, 4.69) is 27.7 Å². The van der Waals surface area contributed by atoms with Gasteiger partial charge in [0, 0.05) is 0 Å². The zero-order valence-corrected chi connectivity index (χ0v) is 13.4. The highest BCUT2D eigenvalue weighted by atomic mass is 16.5. The smallest absolute Gasteiger partial charge is 0.314 e. The minimum atomic E-state index is -0.0392. The topological polar surface area (TPSA) is 26.3 Å². The zero-order valence-electron chi connectivity index (χ0n) is 13.4. The third-order valence-electron chi connectivity index (χ3n) is 4.99. The summed E-state index contributed by atoms with van der Waals surface area (Å²) in [5.41, 5.74) is 4.79. The molecule has 2 nitrogen and oxygen atoms in total. The highest BCUT2D eigenvalue weighted by molar-refractivity contribution is 5.76. The first-order valence-corrected chi connectivity index (χ1v) is 7.69. The molecule has 1 fully saturated rings. The Morgan fingerprint density at radius 3 is 2.20 bits per heavy atom. The Morgan fingerprint density at radius 1 is 1.00 bits per heavy atom. The van der Waals surface area contributed by atoms with Gasteiger partial charge in [0.2, 0.25) is 0 Å². The molecule has 0 radical (unpaired) electrons. The van der Waals surface area contributed by atoms with E-state index in [1.54, 1.807) is 0 Å². The summed E-state index contributed by atoms with van der Waals surface area (Å²) in [5, 5.41) is 0. The van der Waals surface area contributed by atoms with Crippen LogP contribution < -0.4 is 4.74 Å². The van der Waals surface area contributed by atoms with Crippen LogP contribution in [0.1, 0.15) is 54.9 Å². The second-order valence-corrected chi connectivity index (χ2v) is 6.44. The predicted molar refractivity (Wildman–Crippen MR) is 82.1 cm³/mol. The lowest BCUT2D eigenvalue weighted by Crippen LogP contribution is -2.25. The van der Waals surface area contributed by atoms with Gasteiger partial charge in [0.05, 0.1) is 5.92 Å². The molecule has 0 N–H and O–H groups in total. The molecule has 110 valence electrons.